The van der Waals surface area contributed by atoms with Crippen molar-refractivity contribution in [2.45, 2.75) is 23.5 Å². The van der Waals surface area contributed by atoms with Crippen LogP contribution in [0.2, 0.25) is 0 Å². The SMILES string of the molecule is CCSc1ccccc1C(=O)N1CCSC(c2ccc3c(c2)OCO3)CC1. The predicted molar refractivity (Wildman–Crippen MR) is 111 cm³/mol. The number of amides is 1. The third-order valence-electron chi connectivity index (χ3n) is 4.81. The number of benzene rings is 2. The lowest BCUT2D eigenvalue weighted by Crippen LogP contribution is -2.33. The maximum atomic E-state index is 13.1. The summed E-state index contributed by atoms with van der Waals surface area (Å²) in [4.78, 5) is 16.2. The van der Waals surface area contributed by atoms with E-state index in [1.54, 1.807) is 11.8 Å². The second kappa shape index (κ2) is 8.48. The quantitative estimate of drug-likeness (QED) is 0.685. The minimum absolute atomic E-state index is 0.151. The van der Waals surface area contributed by atoms with Crippen molar-refractivity contribution in [3.05, 3.63) is 53.6 Å². The number of fused-ring (bicyclic) bond motifs is 1. The molecule has 0 N–H and O–H groups in total. The largest absolute Gasteiger partial charge is 0.454 e. The van der Waals surface area contributed by atoms with Crippen LogP contribution in [-0.4, -0.2) is 42.2 Å². The molecule has 0 spiro atoms. The Kier molecular flexibility index (Phi) is 5.83. The van der Waals surface area contributed by atoms with Gasteiger partial charge in [-0.05, 0) is 42.0 Å². The maximum Gasteiger partial charge on any atom is 0.255 e. The summed E-state index contributed by atoms with van der Waals surface area (Å²) >= 11 is 3.65. The van der Waals surface area contributed by atoms with Crippen LogP contribution in [0.1, 0.15) is 34.5 Å². The number of thioether (sulfide) groups is 2. The zero-order valence-corrected chi connectivity index (χ0v) is 17.0. The minimum Gasteiger partial charge on any atom is -0.454 e. The fourth-order valence-corrected chi connectivity index (χ4v) is 5.47. The zero-order valence-electron chi connectivity index (χ0n) is 15.3. The van der Waals surface area contributed by atoms with Crippen molar-refractivity contribution < 1.29 is 14.3 Å². The first-order valence-corrected chi connectivity index (χ1v) is 11.3. The second-order valence-electron chi connectivity index (χ2n) is 6.48. The van der Waals surface area contributed by atoms with E-state index >= 15 is 0 Å². The van der Waals surface area contributed by atoms with Gasteiger partial charge in [-0.3, -0.25) is 4.79 Å². The Morgan fingerprint density at radius 1 is 1.19 bits per heavy atom. The lowest BCUT2D eigenvalue weighted by Gasteiger charge is -2.21. The number of hydrogen-bond donors (Lipinski definition) is 0. The third-order valence-corrected chi connectivity index (χ3v) is 7.10. The van der Waals surface area contributed by atoms with Crippen LogP contribution < -0.4 is 9.47 Å². The molecule has 2 aromatic carbocycles. The molecule has 27 heavy (non-hydrogen) atoms. The van der Waals surface area contributed by atoms with Crippen molar-refractivity contribution in [1.82, 2.24) is 4.90 Å². The summed E-state index contributed by atoms with van der Waals surface area (Å²) in [6.45, 7) is 3.98. The molecular formula is C21H23NO3S2. The van der Waals surface area contributed by atoms with Crippen LogP contribution in [0.25, 0.3) is 0 Å². The Morgan fingerprint density at radius 2 is 2.04 bits per heavy atom. The third kappa shape index (κ3) is 4.06. The number of hydrogen-bond acceptors (Lipinski definition) is 5. The summed E-state index contributed by atoms with van der Waals surface area (Å²) < 4.78 is 10.9. The van der Waals surface area contributed by atoms with E-state index in [0.29, 0.717) is 12.0 Å². The molecule has 1 saturated heterocycles. The van der Waals surface area contributed by atoms with Gasteiger partial charge in [0.05, 0.1) is 5.56 Å². The smallest absolute Gasteiger partial charge is 0.255 e. The fraction of sp³-hybridized carbons (Fsp3) is 0.381. The van der Waals surface area contributed by atoms with Gasteiger partial charge in [0.2, 0.25) is 6.79 Å². The number of ether oxygens (including phenoxy) is 2. The first-order valence-electron chi connectivity index (χ1n) is 9.28. The van der Waals surface area contributed by atoms with Gasteiger partial charge in [0.15, 0.2) is 11.5 Å². The molecule has 0 radical (unpaired) electrons. The van der Waals surface area contributed by atoms with Gasteiger partial charge in [-0.15, -0.1) is 11.8 Å². The predicted octanol–water partition coefficient (Wildman–Crippen LogP) is 4.85. The average molecular weight is 402 g/mol. The number of carbonyl (C=O) groups excluding carboxylic acids is 1. The second-order valence-corrected chi connectivity index (χ2v) is 9.10. The van der Waals surface area contributed by atoms with Crippen molar-refractivity contribution in [1.29, 1.82) is 0 Å². The van der Waals surface area contributed by atoms with E-state index in [1.165, 1.54) is 5.56 Å². The van der Waals surface area contributed by atoms with Crippen LogP contribution >= 0.6 is 23.5 Å². The topological polar surface area (TPSA) is 38.8 Å². The maximum absolute atomic E-state index is 13.1. The Balaban J connectivity index is 1.46. The molecule has 0 aromatic heterocycles. The highest BCUT2D eigenvalue weighted by Crippen LogP contribution is 2.40. The van der Waals surface area contributed by atoms with Crippen LogP contribution in [0.5, 0.6) is 11.5 Å². The summed E-state index contributed by atoms with van der Waals surface area (Å²) in [7, 11) is 0. The number of nitrogens with zero attached hydrogens (tertiary/aromatic N) is 1. The van der Waals surface area contributed by atoms with Crippen molar-refractivity contribution in [3.8, 4) is 11.5 Å². The van der Waals surface area contributed by atoms with E-state index in [0.717, 1.165) is 53.0 Å². The molecule has 1 atom stereocenters. The Hall–Kier alpha value is -1.79. The van der Waals surface area contributed by atoms with Crippen molar-refractivity contribution in [2.24, 2.45) is 0 Å². The summed E-state index contributed by atoms with van der Waals surface area (Å²) in [6, 6.07) is 14.2. The van der Waals surface area contributed by atoms with E-state index in [2.05, 4.69) is 19.1 Å². The lowest BCUT2D eigenvalue weighted by molar-refractivity contribution is 0.0763. The van der Waals surface area contributed by atoms with Gasteiger partial charge >= 0.3 is 0 Å². The molecule has 6 heteroatoms. The molecule has 0 saturated carbocycles. The molecule has 142 valence electrons. The number of carbonyl (C=O) groups is 1. The molecule has 0 bridgehead atoms. The molecule has 1 amide bonds. The first kappa shape index (κ1) is 18.6. The molecule has 1 unspecified atom stereocenters. The van der Waals surface area contributed by atoms with Gasteiger partial charge in [-0.25, -0.2) is 0 Å². The van der Waals surface area contributed by atoms with E-state index in [-0.39, 0.29) is 5.91 Å². The van der Waals surface area contributed by atoms with E-state index in [4.69, 9.17) is 9.47 Å². The standard InChI is InChI=1S/C21H23NO3S2/c1-2-26-20-6-4-3-5-16(20)21(23)22-10-9-19(27-12-11-22)15-7-8-17-18(13-15)25-14-24-17/h3-8,13,19H,2,9-12,14H2,1H3. The summed E-state index contributed by atoms with van der Waals surface area (Å²) in [6.07, 6.45) is 0.944. The van der Waals surface area contributed by atoms with Crippen molar-refractivity contribution >= 4 is 29.4 Å². The summed E-state index contributed by atoms with van der Waals surface area (Å²) in [5, 5.41) is 0.373. The molecule has 2 aliphatic heterocycles. The Bertz CT molecular complexity index is 827. The summed E-state index contributed by atoms with van der Waals surface area (Å²) in [5.74, 6) is 3.70. The van der Waals surface area contributed by atoms with E-state index < -0.39 is 0 Å². The summed E-state index contributed by atoms with van der Waals surface area (Å²) in [5.41, 5.74) is 2.08. The Labute approximate surface area is 168 Å². The van der Waals surface area contributed by atoms with Gasteiger partial charge in [-0.2, -0.15) is 11.8 Å². The van der Waals surface area contributed by atoms with Gasteiger partial charge in [0.1, 0.15) is 0 Å². The van der Waals surface area contributed by atoms with Crippen LogP contribution in [-0.2, 0) is 0 Å². The Morgan fingerprint density at radius 3 is 2.93 bits per heavy atom. The lowest BCUT2D eigenvalue weighted by atomic mass is 10.1. The van der Waals surface area contributed by atoms with Gasteiger partial charge < -0.3 is 14.4 Å². The molecule has 1 fully saturated rings. The first-order chi connectivity index (χ1) is 13.3. The molecule has 2 aromatic rings. The number of rotatable bonds is 4. The molecule has 2 heterocycles. The van der Waals surface area contributed by atoms with Crippen LogP contribution in [0.15, 0.2) is 47.4 Å². The molecule has 4 rings (SSSR count). The molecule has 4 nitrogen and oxygen atoms in total. The van der Waals surface area contributed by atoms with E-state index in [9.17, 15) is 4.79 Å². The normalized spacial score (nSPS) is 19.0. The van der Waals surface area contributed by atoms with E-state index in [1.807, 2.05) is 47.0 Å². The highest BCUT2D eigenvalue weighted by atomic mass is 32.2. The highest BCUT2D eigenvalue weighted by Gasteiger charge is 2.25. The molecule has 0 aliphatic carbocycles. The van der Waals surface area contributed by atoms with Crippen LogP contribution in [0.4, 0.5) is 0 Å². The zero-order chi connectivity index (χ0) is 18.6. The van der Waals surface area contributed by atoms with Crippen molar-refractivity contribution in [2.75, 3.05) is 31.4 Å². The van der Waals surface area contributed by atoms with Gasteiger partial charge in [0.25, 0.3) is 5.91 Å². The molecule has 2 aliphatic rings. The van der Waals surface area contributed by atoms with Gasteiger partial charge in [-0.1, -0.05) is 25.1 Å². The average Bonchev–Trinajstić information content (AvgIpc) is 3.03. The van der Waals surface area contributed by atoms with Crippen LogP contribution in [0, 0.1) is 0 Å². The van der Waals surface area contributed by atoms with Gasteiger partial charge in [0, 0.05) is 29.0 Å². The molecular weight excluding hydrogens is 378 g/mol. The highest BCUT2D eigenvalue weighted by molar-refractivity contribution is 7.99. The minimum atomic E-state index is 0.151. The van der Waals surface area contributed by atoms with Crippen molar-refractivity contribution in [3.63, 3.8) is 0 Å². The fourth-order valence-electron chi connectivity index (χ4n) is 3.45. The monoisotopic (exact) mass is 401 g/mol. The van der Waals surface area contributed by atoms with Crippen LogP contribution in [0.3, 0.4) is 0 Å².